The Bertz CT molecular complexity index is 601. The molecule has 0 heterocycles. The molecule has 0 amide bonds. The fourth-order valence-corrected chi connectivity index (χ4v) is 2.88. The van der Waals surface area contributed by atoms with Gasteiger partial charge in [-0.15, -0.1) is 0 Å². The van der Waals surface area contributed by atoms with Crippen molar-refractivity contribution in [3.05, 3.63) is 68.4 Å². The van der Waals surface area contributed by atoms with Crippen molar-refractivity contribution >= 4 is 27.5 Å². The molecule has 0 saturated heterocycles. The van der Waals surface area contributed by atoms with Gasteiger partial charge in [-0.2, -0.15) is 0 Å². The highest BCUT2D eigenvalue weighted by Gasteiger charge is 2.17. The number of benzene rings is 2. The summed E-state index contributed by atoms with van der Waals surface area (Å²) in [5.74, 6) is -0.283. The average Bonchev–Trinajstić information content (AvgIpc) is 2.36. The standard InChI is InChI=1S/C15H14BrClFN/c1-9-7-10(16)3-5-12(9)15(19-2)13-8-11(18)4-6-14(13)17/h3-8,15,19H,1-2H3. The summed E-state index contributed by atoms with van der Waals surface area (Å²) in [5.41, 5.74) is 2.95. The zero-order valence-corrected chi connectivity index (χ0v) is 13.0. The van der Waals surface area contributed by atoms with Gasteiger partial charge in [0.2, 0.25) is 0 Å². The van der Waals surface area contributed by atoms with Crippen LogP contribution in [-0.2, 0) is 0 Å². The summed E-state index contributed by atoms with van der Waals surface area (Å²) < 4.78 is 14.5. The van der Waals surface area contributed by atoms with Crippen molar-refractivity contribution in [1.29, 1.82) is 0 Å². The molecule has 0 bridgehead atoms. The molecule has 0 aromatic heterocycles. The molecule has 19 heavy (non-hydrogen) atoms. The van der Waals surface area contributed by atoms with E-state index in [0.717, 1.165) is 21.2 Å². The number of hydrogen-bond acceptors (Lipinski definition) is 1. The minimum atomic E-state index is -0.283. The lowest BCUT2D eigenvalue weighted by Crippen LogP contribution is -2.19. The van der Waals surface area contributed by atoms with Crippen LogP contribution >= 0.6 is 27.5 Å². The maximum absolute atomic E-state index is 13.4. The lowest BCUT2D eigenvalue weighted by molar-refractivity contribution is 0.616. The van der Waals surface area contributed by atoms with Gasteiger partial charge in [-0.1, -0.05) is 33.6 Å². The Morgan fingerprint density at radius 2 is 1.89 bits per heavy atom. The highest BCUT2D eigenvalue weighted by Crippen LogP contribution is 2.31. The molecule has 0 aliphatic carbocycles. The zero-order valence-electron chi connectivity index (χ0n) is 10.7. The van der Waals surface area contributed by atoms with Crippen LogP contribution in [0.1, 0.15) is 22.7 Å². The minimum absolute atomic E-state index is 0.128. The third-order valence-electron chi connectivity index (χ3n) is 3.10. The molecule has 2 rings (SSSR count). The third kappa shape index (κ3) is 3.16. The summed E-state index contributed by atoms with van der Waals surface area (Å²) in [6.07, 6.45) is 0. The first-order valence-electron chi connectivity index (χ1n) is 5.91. The molecule has 2 aromatic carbocycles. The van der Waals surface area contributed by atoms with E-state index in [4.69, 9.17) is 11.6 Å². The van der Waals surface area contributed by atoms with Crippen LogP contribution in [0, 0.1) is 12.7 Å². The van der Waals surface area contributed by atoms with E-state index >= 15 is 0 Å². The molecule has 1 unspecified atom stereocenters. The summed E-state index contributed by atoms with van der Waals surface area (Å²) in [6.45, 7) is 2.03. The normalized spacial score (nSPS) is 12.5. The lowest BCUT2D eigenvalue weighted by atomic mass is 9.95. The van der Waals surface area contributed by atoms with Crippen LogP contribution in [0.4, 0.5) is 4.39 Å². The first-order chi connectivity index (χ1) is 9.02. The minimum Gasteiger partial charge on any atom is -0.309 e. The quantitative estimate of drug-likeness (QED) is 0.840. The van der Waals surface area contributed by atoms with Crippen molar-refractivity contribution in [3.63, 3.8) is 0 Å². The van der Waals surface area contributed by atoms with E-state index in [1.807, 2.05) is 32.2 Å². The number of halogens is 3. The molecule has 0 aliphatic heterocycles. The molecule has 0 aliphatic rings. The largest absolute Gasteiger partial charge is 0.309 e. The number of nitrogens with one attached hydrogen (secondary N) is 1. The molecule has 100 valence electrons. The second kappa shape index (κ2) is 6.04. The first kappa shape index (κ1) is 14.5. The Morgan fingerprint density at radius 1 is 1.16 bits per heavy atom. The lowest BCUT2D eigenvalue weighted by Gasteiger charge is -2.21. The van der Waals surface area contributed by atoms with Crippen LogP contribution in [0.5, 0.6) is 0 Å². The molecule has 0 spiro atoms. The molecular weight excluding hydrogens is 329 g/mol. The maximum Gasteiger partial charge on any atom is 0.123 e. The Morgan fingerprint density at radius 3 is 2.53 bits per heavy atom. The Balaban J connectivity index is 2.52. The van der Waals surface area contributed by atoms with Crippen LogP contribution in [0.3, 0.4) is 0 Å². The molecule has 1 nitrogen and oxygen atoms in total. The van der Waals surface area contributed by atoms with Crippen molar-refractivity contribution in [2.24, 2.45) is 0 Å². The molecular formula is C15H14BrClFN. The summed E-state index contributed by atoms with van der Waals surface area (Å²) in [5, 5.41) is 3.75. The fourth-order valence-electron chi connectivity index (χ4n) is 2.18. The van der Waals surface area contributed by atoms with E-state index in [-0.39, 0.29) is 11.9 Å². The molecule has 1 atom stereocenters. The van der Waals surface area contributed by atoms with Gasteiger partial charge in [0.25, 0.3) is 0 Å². The Kier molecular flexibility index (Phi) is 4.61. The third-order valence-corrected chi connectivity index (χ3v) is 3.94. The van der Waals surface area contributed by atoms with Gasteiger partial charge in [-0.25, -0.2) is 4.39 Å². The predicted octanol–water partition coefficient (Wildman–Crippen LogP) is 4.86. The van der Waals surface area contributed by atoms with Crippen LogP contribution < -0.4 is 5.32 Å². The van der Waals surface area contributed by atoms with Gasteiger partial charge in [-0.05, 0) is 61.0 Å². The van der Waals surface area contributed by atoms with Crippen molar-refractivity contribution < 1.29 is 4.39 Å². The zero-order chi connectivity index (χ0) is 14.0. The van der Waals surface area contributed by atoms with Crippen LogP contribution in [0.15, 0.2) is 40.9 Å². The summed E-state index contributed by atoms with van der Waals surface area (Å²) >= 11 is 9.63. The number of rotatable bonds is 3. The highest BCUT2D eigenvalue weighted by atomic mass is 79.9. The van der Waals surface area contributed by atoms with Crippen molar-refractivity contribution in [3.8, 4) is 0 Å². The van der Waals surface area contributed by atoms with Gasteiger partial charge in [-0.3, -0.25) is 0 Å². The van der Waals surface area contributed by atoms with Gasteiger partial charge in [0.05, 0.1) is 6.04 Å². The van der Waals surface area contributed by atoms with Gasteiger partial charge in [0.15, 0.2) is 0 Å². The first-order valence-corrected chi connectivity index (χ1v) is 7.08. The van der Waals surface area contributed by atoms with Gasteiger partial charge in [0, 0.05) is 9.50 Å². The topological polar surface area (TPSA) is 12.0 Å². The van der Waals surface area contributed by atoms with Gasteiger partial charge in [0.1, 0.15) is 5.82 Å². The molecule has 4 heteroatoms. The van der Waals surface area contributed by atoms with Crippen molar-refractivity contribution in [1.82, 2.24) is 5.32 Å². The Hall–Kier alpha value is -0.900. The summed E-state index contributed by atoms with van der Waals surface area (Å²) in [4.78, 5) is 0. The van der Waals surface area contributed by atoms with E-state index in [1.54, 1.807) is 6.07 Å². The second-order valence-corrected chi connectivity index (χ2v) is 5.71. The molecule has 0 saturated carbocycles. The van der Waals surface area contributed by atoms with E-state index in [9.17, 15) is 4.39 Å². The summed E-state index contributed by atoms with van der Waals surface area (Å²) in [6, 6.07) is 10.3. The molecule has 1 N–H and O–H groups in total. The number of hydrogen-bond donors (Lipinski definition) is 1. The average molecular weight is 343 g/mol. The monoisotopic (exact) mass is 341 g/mol. The molecule has 0 fully saturated rings. The van der Waals surface area contributed by atoms with Crippen LogP contribution in [0.2, 0.25) is 5.02 Å². The van der Waals surface area contributed by atoms with E-state index in [0.29, 0.717) is 5.02 Å². The Labute approximate surface area is 125 Å². The number of aryl methyl sites for hydroxylation is 1. The second-order valence-electron chi connectivity index (χ2n) is 4.39. The van der Waals surface area contributed by atoms with Crippen molar-refractivity contribution in [2.75, 3.05) is 7.05 Å². The maximum atomic E-state index is 13.4. The SMILES string of the molecule is CNC(c1ccc(Br)cc1C)c1cc(F)ccc1Cl. The van der Waals surface area contributed by atoms with E-state index < -0.39 is 0 Å². The smallest absolute Gasteiger partial charge is 0.123 e. The summed E-state index contributed by atoms with van der Waals surface area (Å²) in [7, 11) is 1.84. The highest BCUT2D eigenvalue weighted by molar-refractivity contribution is 9.10. The molecule has 0 radical (unpaired) electrons. The van der Waals surface area contributed by atoms with E-state index in [1.165, 1.54) is 12.1 Å². The fraction of sp³-hybridized carbons (Fsp3) is 0.200. The van der Waals surface area contributed by atoms with Crippen LogP contribution in [0.25, 0.3) is 0 Å². The van der Waals surface area contributed by atoms with Crippen LogP contribution in [-0.4, -0.2) is 7.05 Å². The molecule has 2 aromatic rings. The van der Waals surface area contributed by atoms with Gasteiger partial charge < -0.3 is 5.32 Å². The van der Waals surface area contributed by atoms with Gasteiger partial charge >= 0.3 is 0 Å². The predicted molar refractivity (Wildman–Crippen MR) is 81.2 cm³/mol. The van der Waals surface area contributed by atoms with Crippen molar-refractivity contribution in [2.45, 2.75) is 13.0 Å². The van der Waals surface area contributed by atoms with E-state index in [2.05, 4.69) is 21.2 Å².